The van der Waals surface area contributed by atoms with E-state index in [1.54, 1.807) is 12.3 Å². The molecule has 20 heavy (non-hydrogen) atoms. The minimum Gasteiger partial charge on any atom is -0.467 e. The predicted octanol–water partition coefficient (Wildman–Crippen LogP) is 2.34. The standard InChI is InChI=1S/C16H15NO3/c18-15-9-12(8-11-4-1-2-6-14(11)15)16(19)17-10-13-5-3-7-20-13/h1-7,12H,8-10H2,(H,17,19). The highest BCUT2D eigenvalue weighted by atomic mass is 16.3. The van der Waals surface area contributed by atoms with Crippen molar-refractivity contribution in [2.45, 2.75) is 19.4 Å². The Hall–Kier alpha value is -2.36. The van der Waals surface area contributed by atoms with E-state index in [-0.39, 0.29) is 24.0 Å². The molecule has 1 N–H and O–H groups in total. The third kappa shape index (κ3) is 2.50. The average Bonchev–Trinajstić information content (AvgIpc) is 2.98. The summed E-state index contributed by atoms with van der Waals surface area (Å²) in [6.07, 6.45) is 2.47. The highest BCUT2D eigenvalue weighted by molar-refractivity contribution is 6.01. The first-order valence-corrected chi connectivity index (χ1v) is 6.65. The summed E-state index contributed by atoms with van der Waals surface area (Å²) >= 11 is 0. The van der Waals surface area contributed by atoms with E-state index in [0.29, 0.717) is 18.7 Å². The van der Waals surface area contributed by atoms with Crippen LogP contribution in [0.25, 0.3) is 0 Å². The molecule has 2 aromatic rings. The molecule has 0 fully saturated rings. The van der Waals surface area contributed by atoms with Gasteiger partial charge in [0, 0.05) is 17.9 Å². The van der Waals surface area contributed by atoms with Crippen LogP contribution in [0.4, 0.5) is 0 Å². The average molecular weight is 269 g/mol. The molecule has 0 saturated carbocycles. The summed E-state index contributed by atoms with van der Waals surface area (Å²) in [5, 5.41) is 2.82. The number of amides is 1. The monoisotopic (exact) mass is 269 g/mol. The van der Waals surface area contributed by atoms with Crippen LogP contribution in [0.15, 0.2) is 47.1 Å². The Labute approximate surface area is 116 Å². The van der Waals surface area contributed by atoms with Gasteiger partial charge in [-0.2, -0.15) is 0 Å². The smallest absolute Gasteiger partial charge is 0.224 e. The SMILES string of the molecule is O=C1CC(C(=O)NCc2ccco2)Cc2ccccc21. The van der Waals surface area contributed by atoms with Gasteiger partial charge in [0.15, 0.2) is 5.78 Å². The number of benzene rings is 1. The van der Waals surface area contributed by atoms with E-state index in [1.807, 2.05) is 30.3 Å². The van der Waals surface area contributed by atoms with E-state index < -0.39 is 0 Å². The van der Waals surface area contributed by atoms with Gasteiger partial charge >= 0.3 is 0 Å². The molecule has 3 rings (SSSR count). The first kappa shape index (κ1) is 12.7. The molecule has 1 aromatic carbocycles. The number of ketones is 1. The maximum Gasteiger partial charge on any atom is 0.224 e. The van der Waals surface area contributed by atoms with Crippen LogP contribution in [0.2, 0.25) is 0 Å². The molecule has 4 nitrogen and oxygen atoms in total. The Bertz CT molecular complexity index is 631. The Kier molecular flexibility index (Phi) is 3.37. The zero-order valence-corrected chi connectivity index (χ0v) is 11.0. The Morgan fingerprint density at radius 1 is 1.20 bits per heavy atom. The molecule has 0 radical (unpaired) electrons. The Balaban J connectivity index is 1.67. The van der Waals surface area contributed by atoms with Crippen molar-refractivity contribution in [3.8, 4) is 0 Å². The van der Waals surface area contributed by atoms with E-state index >= 15 is 0 Å². The molecule has 1 heterocycles. The lowest BCUT2D eigenvalue weighted by molar-refractivity contribution is -0.125. The van der Waals surface area contributed by atoms with Crippen LogP contribution in [0.1, 0.15) is 28.1 Å². The molecular formula is C16H15NO3. The third-order valence-corrected chi connectivity index (χ3v) is 3.60. The molecule has 0 spiro atoms. The van der Waals surface area contributed by atoms with Crippen LogP contribution in [0, 0.1) is 5.92 Å². The van der Waals surface area contributed by atoms with E-state index in [1.165, 1.54) is 0 Å². The van der Waals surface area contributed by atoms with Gasteiger partial charge < -0.3 is 9.73 Å². The summed E-state index contributed by atoms with van der Waals surface area (Å²) in [5.74, 6) is 0.377. The number of Topliss-reactive ketones (excluding diaryl/α,β-unsaturated/α-hetero) is 1. The maximum absolute atomic E-state index is 12.1. The summed E-state index contributed by atoms with van der Waals surface area (Å²) in [5.41, 5.74) is 1.71. The van der Waals surface area contributed by atoms with Crippen molar-refractivity contribution in [3.63, 3.8) is 0 Å². The summed E-state index contributed by atoms with van der Waals surface area (Å²) in [4.78, 5) is 24.2. The Morgan fingerprint density at radius 2 is 2.05 bits per heavy atom. The number of carbonyl (C=O) groups is 2. The lowest BCUT2D eigenvalue weighted by Gasteiger charge is -2.22. The minimum absolute atomic E-state index is 0.0463. The lowest BCUT2D eigenvalue weighted by Crippen LogP contribution is -2.35. The highest BCUT2D eigenvalue weighted by Gasteiger charge is 2.29. The van der Waals surface area contributed by atoms with Crippen LogP contribution in [-0.4, -0.2) is 11.7 Å². The first-order chi connectivity index (χ1) is 9.74. The van der Waals surface area contributed by atoms with Gasteiger partial charge in [-0.1, -0.05) is 24.3 Å². The second kappa shape index (κ2) is 5.33. The van der Waals surface area contributed by atoms with Crippen LogP contribution in [0.3, 0.4) is 0 Å². The zero-order valence-electron chi connectivity index (χ0n) is 11.0. The number of furan rings is 1. The van der Waals surface area contributed by atoms with Crippen molar-refractivity contribution in [2.24, 2.45) is 5.92 Å². The van der Waals surface area contributed by atoms with Crippen LogP contribution in [-0.2, 0) is 17.8 Å². The van der Waals surface area contributed by atoms with E-state index in [2.05, 4.69) is 5.32 Å². The zero-order chi connectivity index (χ0) is 13.9. The number of rotatable bonds is 3. The van der Waals surface area contributed by atoms with Crippen molar-refractivity contribution >= 4 is 11.7 Å². The quantitative estimate of drug-likeness (QED) is 0.930. The van der Waals surface area contributed by atoms with Gasteiger partial charge in [0.25, 0.3) is 0 Å². The second-order valence-electron chi connectivity index (χ2n) is 4.98. The van der Waals surface area contributed by atoms with Gasteiger partial charge in [-0.05, 0) is 24.1 Å². The molecular weight excluding hydrogens is 254 g/mol. The van der Waals surface area contributed by atoms with Gasteiger partial charge in [-0.3, -0.25) is 9.59 Å². The second-order valence-corrected chi connectivity index (χ2v) is 4.98. The minimum atomic E-state index is -0.285. The molecule has 102 valence electrons. The van der Waals surface area contributed by atoms with Crippen molar-refractivity contribution in [1.82, 2.24) is 5.32 Å². The van der Waals surface area contributed by atoms with Gasteiger partial charge in [0.2, 0.25) is 5.91 Å². The molecule has 0 bridgehead atoms. The number of carbonyl (C=O) groups excluding carboxylic acids is 2. The molecule has 4 heteroatoms. The fraction of sp³-hybridized carbons (Fsp3) is 0.250. The Morgan fingerprint density at radius 3 is 2.85 bits per heavy atom. The molecule has 1 atom stereocenters. The topological polar surface area (TPSA) is 59.3 Å². The van der Waals surface area contributed by atoms with E-state index in [0.717, 1.165) is 11.1 Å². The van der Waals surface area contributed by atoms with Gasteiger partial charge in [0.1, 0.15) is 5.76 Å². The molecule has 1 aromatic heterocycles. The van der Waals surface area contributed by atoms with Crippen LogP contribution < -0.4 is 5.32 Å². The number of hydrogen-bond acceptors (Lipinski definition) is 3. The summed E-state index contributed by atoms with van der Waals surface area (Å²) < 4.78 is 5.17. The molecule has 1 aliphatic carbocycles. The maximum atomic E-state index is 12.1. The lowest BCUT2D eigenvalue weighted by atomic mass is 9.82. The molecule has 0 aliphatic heterocycles. The first-order valence-electron chi connectivity index (χ1n) is 6.65. The van der Waals surface area contributed by atoms with Crippen molar-refractivity contribution in [2.75, 3.05) is 0 Å². The van der Waals surface area contributed by atoms with Gasteiger partial charge in [-0.15, -0.1) is 0 Å². The number of hydrogen-bond donors (Lipinski definition) is 1. The van der Waals surface area contributed by atoms with Crippen molar-refractivity contribution in [1.29, 1.82) is 0 Å². The number of nitrogens with one attached hydrogen (secondary N) is 1. The molecule has 1 unspecified atom stereocenters. The predicted molar refractivity (Wildman–Crippen MR) is 73.1 cm³/mol. The summed E-state index contributed by atoms with van der Waals surface area (Å²) in [6, 6.07) is 11.1. The van der Waals surface area contributed by atoms with Crippen LogP contribution >= 0.6 is 0 Å². The fourth-order valence-corrected chi connectivity index (χ4v) is 2.56. The molecule has 1 amide bonds. The summed E-state index contributed by atoms with van der Waals surface area (Å²) in [7, 11) is 0. The van der Waals surface area contributed by atoms with Gasteiger partial charge in [0.05, 0.1) is 12.8 Å². The van der Waals surface area contributed by atoms with Crippen LogP contribution in [0.5, 0.6) is 0 Å². The highest BCUT2D eigenvalue weighted by Crippen LogP contribution is 2.25. The van der Waals surface area contributed by atoms with Crippen molar-refractivity contribution in [3.05, 3.63) is 59.5 Å². The number of fused-ring (bicyclic) bond motifs is 1. The summed E-state index contributed by atoms with van der Waals surface area (Å²) in [6.45, 7) is 0.359. The normalized spacial score (nSPS) is 17.6. The fourth-order valence-electron chi connectivity index (χ4n) is 2.56. The van der Waals surface area contributed by atoms with E-state index in [9.17, 15) is 9.59 Å². The third-order valence-electron chi connectivity index (χ3n) is 3.60. The van der Waals surface area contributed by atoms with Gasteiger partial charge in [-0.25, -0.2) is 0 Å². The largest absolute Gasteiger partial charge is 0.467 e. The van der Waals surface area contributed by atoms with E-state index in [4.69, 9.17) is 4.42 Å². The van der Waals surface area contributed by atoms with Crippen molar-refractivity contribution < 1.29 is 14.0 Å². The molecule has 1 aliphatic rings. The molecule has 0 saturated heterocycles.